The SMILES string of the molecule is COc1ccc(-c2c(C(F)(F)F)[nH]n3c(=O)cc(-c4cc(F)c(Cl)nc4Cl)nc23)cc1OC. The van der Waals surface area contributed by atoms with E-state index >= 15 is 0 Å². The number of alkyl halides is 3. The van der Waals surface area contributed by atoms with E-state index in [1.807, 2.05) is 0 Å². The number of H-pyrrole nitrogens is 1. The summed E-state index contributed by atoms with van der Waals surface area (Å²) in [5.74, 6) is -0.494. The van der Waals surface area contributed by atoms with Crippen LogP contribution in [-0.4, -0.2) is 33.8 Å². The Bertz CT molecular complexity index is 1450. The van der Waals surface area contributed by atoms with Crippen molar-refractivity contribution < 1.29 is 27.0 Å². The van der Waals surface area contributed by atoms with Crippen LogP contribution in [-0.2, 0) is 6.18 Å². The number of nitrogens with one attached hydrogen (secondary N) is 1. The van der Waals surface area contributed by atoms with E-state index in [4.69, 9.17) is 32.7 Å². The number of aromatic amines is 1. The van der Waals surface area contributed by atoms with Crippen molar-refractivity contribution in [3.63, 3.8) is 0 Å². The van der Waals surface area contributed by atoms with Crippen LogP contribution in [0.3, 0.4) is 0 Å². The largest absolute Gasteiger partial charge is 0.493 e. The average Bonchev–Trinajstić information content (AvgIpc) is 3.16. The van der Waals surface area contributed by atoms with Crippen molar-refractivity contribution >= 4 is 28.8 Å². The highest BCUT2D eigenvalue weighted by atomic mass is 35.5. The molecule has 4 rings (SSSR count). The molecule has 0 atom stereocenters. The minimum atomic E-state index is -4.87. The quantitative estimate of drug-likeness (QED) is 0.305. The molecule has 0 fully saturated rings. The van der Waals surface area contributed by atoms with Gasteiger partial charge >= 0.3 is 6.18 Å². The topological polar surface area (TPSA) is 81.5 Å². The second-order valence-corrected chi connectivity index (χ2v) is 7.38. The predicted molar refractivity (Wildman–Crippen MR) is 113 cm³/mol. The number of methoxy groups -OCH3 is 2. The molecular weight excluding hydrogens is 491 g/mol. The molecule has 0 saturated carbocycles. The summed E-state index contributed by atoms with van der Waals surface area (Å²) < 4.78 is 66.6. The van der Waals surface area contributed by atoms with Crippen LogP contribution in [0.2, 0.25) is 10.3 Å². The third-order valence-electron chi connectivity index (χ3n) is 4.73. The van der Waals surface area contributed by atoms with E-state index in [-0.39, 0.29) is 39.1 Å². The van der Waals surface area contributed by atoms with E-state index in [0.29, 0.717) is 4.52 Å². The molecule has 0 aliphatic rings. The van der Waals surface area contributed by atoms with Gasteiger partial charge in [0.05, 0.1) is 25.5 Å². The first-order valence-electron chi connectivity index (χ1n) is 9.02. The highest BCUT2D eigenvalue weighted by molar-refractivity contribution is 6.34. The summed E-state index contributed by atoms with van der Waals surface area (Å²) in [7, 11) is 2.70. The van der Waals surface area contributed by atoms with Gasteiger partial charge in [-0.25, -0.2) is 18.9 Å². The second-order valence-electron chi connectivity index (χ2n) is 6.67. The van der Waals surface area contributed by atoms with Crippen molar-refractivity contribution in [2.75, 3.05) is 14.2 Å². The second kappa shape index (κ2) is 8.23. The Kier molecular flexibility index (Phi) is 5.71. The molecular formula is C20H12Cl2F4N4O3. The summed E-state index contributed by atoms with van der Waals surface area (Å²) in [6.07, 6.45) is -4.87. The molecule has 0 aliphatic heterocycles. The van der Waals surface area contributed by atoms with Gasteiger partial charge in [-0.15, -0.1) is 0 Å². The lowest BCUT2D eigenvalue weighted by molar-refractivity contribution is -0.140. The van der Waals surface area contributed by atoms with E-state index in [2.05, 4.69) is 15.1 Å². The van der Waals surface area contributed by atoms with Crippen LogP contribution in [0.5, 0.6) is 11.5 Å². The maximum absolute atomic E-state index is 14.0. The Hall–Kier alpha value is -3.31. The monoisotopic (exact) mass is 502 g/mol. The summed E-state index contributed by atoms with van der Waals surface area (Å²) in [6, 6.07) is 5.87. The number of pyridine rings is 1. The van der Waals surface area contributed by atoms with Crippen molar-refractivity contribution in [3.8, 4) is 33.9 Å². The smallest absolute Gasteiger partial charge is 0.433 e. The zero-order chi connectivity index (χ0) is 24.1. The van der Waals surface area contributed by atoms with Gasteiger partial charge in [0.2, 0.25) is 0 Å². The predicted octanol–water partition coefficient (Wildman–Crippen LogP) is 5.23. The summed E-state index contributed by atoms with van der Waals surface area (Å²) in [4.78, 5) is 20.5. The number of aromatic nitrogens is 4. The Balaban J connectivity index is 2.07. The van der Waals surface area contributed by atoms with Crippen LogP contribution in [0.25, 0.3) is 28.0 Å². The minimum Gasteiger partial charge on any atom is -0.493 e. The van der Waals surface area contributed by atoms with E-state index in [1.165, 1.54) is 32.4 Å². The number of ether oxygens (including phenoxy) is 2. The third kappa shape index (κ3) is 3.98. The molecule has 0 aliphatic carbocycles. The van der Waals surface area contributed by atoms with Crippen molar-refractivity contribution in [1.29, 1.82) is 0 Å². The summed E-state index contributed by atoms with van der Waals surface area (Å²) >= 11 is 11.6. The zero-order valence-electron chi connectivity index (χ0n) is 16.7. The lowest BCUT2D eigenvalue weighted by Crippen LogP contribution is -2.15. The Morgan fingerprint density at radius 3 is 2.33 bits per heavy atom. The normalized spacial score (nSPS) is 11.8. The summed E-state index contributed by atoms with van der Waals surface area (Å²) in [5, 5.41) is 1.26. The van der Waals surface area contributed by atoms with Crippen LogP contribution in [0.1, 0.15) is 5.69 Å². The molecule has 33 heavy (non-hydrogen) atoms. The minimum absolute atomic E-state index is 0.0364. The molecule has 1 aromatic carbocycles. The van der Waals surface area contributed by atoms with Gasteiger partial charge in [-0.1, -0.05) is 29.3 Å². The van der Waals surface area contributed by atoms with Crippen LogP contribution < -0.4 is 15.0 Å². The standard InChI is InChI=1S/C20H12Cl2F4N4O3/c1-32-12-4-3-8(5-13(12)33-2)15-16(20(24,25)26)29-30-14(31)7-11(27-19(15)30)9-6-10(23)18(22)28-17(9)21/h3-7,29H,1-2H3. The van der Waals surface area contributed by atoms with Crippen molar-refractivity contribution in [3.05, 3.63) is 62.5 Å². The molecule has 0 saturated heterocycles. The van der Waals surface area contributed by atoms with Crippen molar-refractivity contribution in [2.45, 2.75) is 6.18 Å². The summed E-state index contributed by atoms with van der Waals surface area (Å²) in [6.45, 7) is 0. The highest BCUT2D eigenvalue weighted by Crippen LogP contribution is 2.41. The molecule has 4 aromatic rings. The molecule has 13 heteroatoms. The van der Waals surface area contributed by atoms with Crippen LogP contribution in [0.15, 0.2) is 35.1 Å². The fourth-order valence-electron chi connectivity index (χ4n) is 3.27. The third-order valence-corrected chi connectivity index (χ3v) is 5.29. The lowest BCUT2D eigenvalue weighted by atomic mass is 10.0. The number of fused-ring (bicyclic) bond motifs is 1. The fourth-order valence-corrected chi connectivity index (χ4v) is 3.69. The van der Waals surface area contributed by atoms with E-state index in [9.17, 15) is 22.4 Å². The molecule has 172 valence electrons. The highest BCUT2D eigenvalue weighted by Gasteiger charge is 2.38. The molecule has 7 nitrogen and oxygen atoms in total. The number of hydrogen-bond acceptors (Lipinski definition) is 5. The van der Waals surface area contributed by atoms with E-state index < -0.39 is 34.0 Å². The Morgan fingerprint density at radius 1 is 1.00 bits per heavy atom. The van der Waals surface area contributed by atoms with Gasteiger partial charge in [0, 0.05) is 11.6 Å². The van der Waals surface area contributed by atoms with Crippen LogP contribution in [0, 0.1) is 5.82 Å². The van der Waals surface area contributed by atoms with Gasteiger partial charge in [0.15, 0.2) is 28.1 Å². The molecule has 3 aromatic heterocycles. The molecule has 0 radical (unpaired) electrons. The average molecular weight is 503 g/mol. The van der Waals surface area contributed by atoms with Gasteiger partial charge in [-0.3, -0.25) is 9.89 Å². The van der Waals surface area contributed by atoms with Crippen LogP contribution in [0.4, 0.5) is 17.6 Å². The van der Waals surface area contributed by atoms with Gasteiger partial charge < -0.3 is 9.47 Å². The van der Waals surface area contributed by atoms with E-state index in [0.717, 1.165) is 12.1 Å². The molecule has 3 heterocycles. The van der Waals surface area contributed by atoms with Gasteiger partial charge in [-0.05, 0) is 23.8 Å². The zero-order valence-corrected chi connectivity index (χ0v) is 18.2. The van der Waals surface area contributed by atoms with Crippen molar-refractivity contribution in [2.24, 2.45) is 0 Å². The molecule has 0 spiro atoms. The molecule has 0 bridgehead atoms. The first-order valence-corrected chi connectivity index (χ1v) is 9.78. The maximum Gasteiger partial charge on any atom is 0.433 e. The van der Waals surface area contributed by atoms with Gasteiger partial charge in [-0.2, -0.15) is 13.2 Å². The molecule has 0 amide bonds. The molecule has 0 unspecified atom stereocenters. The first-order chi connectivity index (χ1) is 15.5. The maximum atomic E-state index is 14.0. The number of hydrogen-bond donors (Lipinski definition) is 1. The Morgan fingerprint density at radius 2 is 1.70 bits per heavy atom. The number of benzene rings is 1. The number of nitrogens with zero attached hydrogens (tertiary/aromatic N) is 3. The first kappa shape index (κ1) is 22.9. The van der Waals surface area contributed by atoms with Crippen LogP contribution >= 0.6 is 23.2 Å². The van der Waals surface area contributed by atoms with Gasteiger partial charge in [0.25, 0.3) is 5.56 Å². The van der Waals surface area contributed by atoms with Crippen molar-refractivity contribution in [1.82, 2.24) is 19.6 Å². The summed E-state index contributed by atoms with van der Waals surface area (Å²) in [5.41, 5.74) is -3.19. The fraction of sp³-hybridized carbons (Fsp3) is 0.150. The number of halogens is 6. The van der Waals surface area contributed by atoms with E-state index in [1.54, 1.807) is 0 Å². The number of rotatable bonds is 4. The molecule has 1 N–H and O–H groups in total. The lowest BCUT2D eigenvalue weighted by Gasteiger charge is -2.11. The van der Waals surface area contributed by atoms with Gasteiger partial charge in [0.1, 0.15) is 10.8 Å². The Labute approximate surface area is 192 Å².